The van der Waals surface area contributed by atoms with E-state index in [0.717, 1.165) is 54.5 Å². The quantitative estimate of drug-likeness (QED) is 0.527. The van der Waals surface area contributed by atoms with Crippen molar-refractivity contribution >= 4 is 22.8 Å². The van der Waals surface area contributed by atoms with Crippen LogP contribution in [-0.4, -0.2) is 52.7 Å². The number of anilines is 1. The molecule has 0 saturated carbocycles. The van der Waals surface area contributed by atoms with Gasteiger partial charge in [0.1, 0.15) is 11.6 Å². The Morgan fingerprint density at radius 3 is 2.54 bits per heavy atom. The molecule has 0 N–H and O–H groups in total. The van der Waals surface area contributed by atoms with Gasteiger partial charge in [-0.1, -0.05) is 6.07 Å². The smallest absolute Gasteiger partial charge is 0.162 e. The van der Waals surface area contributed by atoms with Gasteiger partial charge >= 0.3 is 0 Å². The maximum absolute atomic E-state index is 13.3. The van der Waals surface area contributed by atoms with Gasteiger partial charge in [0.2, 0.25) is 0 Å². The van der Waals surface area contributed by atoms with E-state index in [0.29, 0.717) is 0 Å². The minimum atomic E-state index is -0.248. The maximum atomic E-state index is 13.3. The lowest BCUT2D eigenvalue weighted by atomic mass is 10.2. The van der Waals surface area contributed by atoms with Crippen molar-refractivity contribution in [3.63, 3.8) is 0 Å². The fourth-order valence-corrected chi connectivity index (χ4v) is 4.26. The molecule has 0 spiro atoms. The standard InChI is InChI=1S/C21H20FN5S/c1-25-8-10-26(11-9-25)20-13-17(19-3-2-12-28-19)21-23-18(14-27(21)24-20)15-4-6-16(22)7-5-15/h2-7,12-14H,8-11H2,1H3. The van der Waals surface area contributed by atoms with E-state index >= 15 is 0 Å². The first-order chi connectivity index (χ1) is 13.7. The second-order valence-electron chi connectivity index (χ2n) is 7.09. The summed E-state index contributed by atoms with van der Waals surface area (Å²) >= 11 is 1.70. The molecule has 0 aliphatic carbocycles. The first kappa shape index (κ1) is 17.3. The zero-order valence-corrected chi connectivity index (χ0v) is 16.4. The van der Waals surface area contributed by atoms with Crippen LogP contribution in [0.25, 0.3) is 27.3 Å². The molecule has 1 aromatic carbocycles. The molecule has 4 aromatic rings. The van der Waals surface area contributed by atoms with Crippen molar-refractivity contribution in [2.45, 2.75) is 0 Å². The van der Waals surface area contributed by atoms with E-state index in [1.165, 1.54) is 17.0 Å². The van der Waals surface area contributed by atoms with Gasteiger partial charge in [-0.3, -0.25) is 0 Å². The van der Waals surface area contributed by atoms with Crippen molar-refractivity contribution in [3.05, 3.63) is 59.9 Å². The Balaban J connectivity index is 1.64. The van der Waals surface area contributed by atoms with E-state index in [-0.39, 0.29) is 5.82 Å². The molecule has 1 aliphatic heterocycles. The monoisotopic (exact) mass is 393 g/mol. The van der Waals surface area contributed by atoms with Crippen molar-refractivity contribution in [3.8, 4) is 21.7 Å². The van der Waals surface area contributed by atoms with E-state index < -0.39 is 0 Å². The van der Waals surface area contributed by atoms with Crippen LogP contribution < -0.4 is 4.90 Å². The Kier molecular flexibility index (Phi) is 4.33. The Hall–Kier alpha value is -2.77. The van der Waals surface area contributed by atoms with Gasteiger partial charge in [0.15, 0.2) is 5.65 Å². The molecule has 7 heteroatoms. The van der Waals surface area contributed by atoms with Crippen LogP contribution >= 0.6 is 11.3 Å². The highest BCUT2D eigenvalue weighted by molar-refractivity contribution is 7.13. The summed E-state index contributed by atoms with van der Waals surface area (Å²) in [6, 6.07) is 12.7. The van der Waals surface area contributed by atoms with Gasteiger partial charge in [-0.25, -0.2) is 13.9 Å². The fraction of sp³-hybridized carbons (Fsp3) is 0.238. The molecular weight excluding hydrogens is 373 g/mol. The van der Waals surface area contributed by atoms with Gasteiger partial charge in [-0.05, 0) is 48.8 Å². The minimum absolute atomic E-state index is 0.248. The molecule has 5 rings (SSSR count). The third-order valence-corrected chi connectivity index (χ3v) is 6.07. The predicted octanol–water partition coefficient (Wildman–Crippen LogP) is 4.02. The number of hydrogen-bond acceptors (Lipinski definition) is 5. The van der Waals surface area contributed by atoms with Gasteiger partial charge in [-0.15, -0.1) is 16.4 Å². The molecule has 28 heavy (non-hydrogen) atoms. The number of imidazole rings is 1. The number of piperazine rings is 1. The summed E-state index contributed by atoms with van der Waals surface area (Å²) in [4.78, 5) is 10.7. The summed E-state index contributed by atoms with van der Waals surface area (Å²) in [5, 5.41) is 6.93. The van der Waals surface area contributed by atoms with Crippen molar-refractivity contribution < 1.29 is 4.39 Å². The van der Waals surface area contributed by atoms with Gasteiger partial charge < -0.3 is 9.80 Å². The largest absolute Gasteiger partial charge is 0.353 e. The van der Waals surface area contributed by atoms with E-state index in [2.05, 4.69) is 40.4 Å². The molecule has 0 radical (unpaired) electrons. The normalized spacial score (nSPS) is 15.4. The summed E-state index contributed by atoms with van der Waals surface area (Å²) in [5.41, 5.74) is 3.57. The summed E-state index contributed by atoms with van der Waals surface area (Å²) in [6.07, 6.45) is 1.93. The van der Waals surface area contributed by atoms with Crippen molar-refractivity contribution in [2.24, 2.45) is 0 Å². The highest BCUT2D eigenvalue weighted by Gasteiger charge is 2.19. The molecule has 142 valence electrons. The fourth-order valence-electron chi connectivity index (χ4n) is 3.53. The third kappa shape index (κ3) is 3.16. The van der Waals surface area contributed by atoms with Crippen molar-refractivity contribution in [1.29, 1.82) is 0 Å². The maximum Gasteiger partial charge on any atom is 0.162 e. The topological polar surface area (TPSA) is 36.7 Å². The van der Waals surface area contributed by atoms with Gasteiger partial charge in [0.25, 0.3) is 0 Å². The van der Waals surface area contributed by atoms with Crippen LogP contribution in [0, 0.1) is 5.82 Å². The Morgan fingerprint density at radius 1 is 1.04 bits per heavy atom. The molecule has 1 saturated heterocycles. The lowest BCUT2D eigenvalue weighted by molar-refractivity contribution is 0.311. The van der Waals surface area contributed by atoms with Crippen LogP contribution in [0.4, 0.5) is 10.2 Å². The lowest BCUT2D eigenvalue weighted by Gasteiger charge is -2.33. The number of aromatic nitrogens is 3. The van der Waals surface area contributed by atoms with E-state index in [4.69, 9.17) is 10.1 Å². The van der Waals surface area contributed by atoms with E-state index in [1.807, 2.05) is 10.7 Å². The lowest BCUT2D eigenvalue weighted by Crippen LogP contribution is -2.45. The molecule has 0 atom stereocenters. The average Bonchev–Trinajstić information content (AvgIpc) is 3.38. The molecule has 1 fully saturated rings. The number of benzene rings is 1. The summed E-state index contributed by atoms with van der Waals surface area (Å²) in [5.74, 6) is 0.717. The molecule has 0 bridgehead atoms. The SMILES string of the molecule is CN1CCN(c2cc(-c3cccs3)c3nc(-c4ccc(F)cc4)cn3n2)CC1. The van der Waals surface area contributed by atoms with Crippen LogP contribution in [0.1, 0.15) is 0 Å². The first-order valence-corrected chi connectivity index (χ1v) is 10.2. The third-order valence-electron chi connectivity index (χ3n) is 5.17. The van der Waals surface area contributed by atoms with Crippen molar-refractivity contribution in [2.75, 3.05) is 38.1 Å². The van der Waals surface area contributed by atoms with E-state index in [1.54, 1.807) is 23.5 Å². The molecule has 1 aliphatic rings. The second kappa shape index (κ2) is 7.00. The van der Waals surface area contributed by atoms with Crippen LogP contribution in [-0.2, 0) is 0 Å². The van der Waals surface area contributed by atoms with Crippen LogP contribution in [0.5, 0.6) is 0 Å². The molecule has 3 aromatic heterocycles. The summed E-state index contributed by atoms with van der Waals surface area (Å²) in [6.45, 7) is 3.97. The number of hydrogen-bond donors (Lipinski definition) is 0. The highest BCUT2D eigenvalue weighted by atomic mass is 32.1. The predicted molar refractivity (Wildman–Crippen MR) is 111 cm³/mol. The van der Waals surface area contributed by atoms with Crippen molar-refractivity contribution in [1.82, 2.24) is 19.5 Å². The first-order valence-electron chi connectivity index (χ1n) is 9.31. The van der Waals surface area contributed by atoms with Gasteiger partial charge in [-0.2, -0.15) is 0 Å². The van der Waals surface area contributed by atoms with Crippen LogP contribution in [0.2, 0.25) is 0 Å². The van der Waals surface area contributed by atoms with Gasteiger partial charge in [0, 0.05) is 42.2 Å². The zero-order valence-electron chi connectivity index (χ0n) is 15.5. The number of nitrogens with zero attached hydrogens (tertiary/aromatic N) is 5. The zero-order chi connectivity index (χ0) is 19.1. The number of thiophene rings is 1. The Bertz CT molecular complexity index is 1100. The second-order valence-corrected chi connectivity index (χ2v) is 8.03. The minimum Gasteiger partial charge on any atom is -0.353 e. The average molecular weight is 393 g/mol. The Labute approximate surface area is 166 Å². The molecule has 4 heterocycles. The number of rotatable bonds is 3. The summed E-state index contributed by atoms with van der Waals surface area (Å²) < 4.78 is 15.2. The molecule has 5 nitrogen and oxygen atoms in total. The van der Waals surface area contributed by atoms with Crippen LogP contribution in [0.3, 0.4) is 0 Å². The highest BCUT2D eigenvalue weighted by Crippen LogP contribution is 2.32. The molecular formula is C21H20FN5S. The number of halogens is 1. The van der Waals surface area contributed by atoms with E-state index in [9.17, 15) is 4.39 Å². The summed E-state index contributed by atoms with van der Waals surface area (Å²) in [7, 11) is 2.15. The molecule has 0 unspecified atom stereocenters. The number of likely N-dealkylation sites (N-methyl/N-ethyl adjacent to an activating group) is 1. The molecule has 0 amide bonds. The Morgan fingerprint density at radius 2 is 1.82 bits per heavy atom. The van der Waals surface area contributed by atoms with Crippen LogP contribution in [0.15, 0.2) is 54.0 Å². The number of fused-ring (bicyclic) bond motifs is 1. The van der Waals surface area contributed by atoms with Gasteiger partial charge in [0.05, 0.1) is 11.9 Å².